The van der Waals surface area contributed by atoms with Crippen LogP contribution in [0, 0.1) is 5.92 Å². The molecule has 1 atom stereocenters. The van der Waals surface area contributed by atoms with E-state index < -0.39 is 0 Å². The zero-order chi connectivity index (χ0) is 13.1. The molecule has 0 aliphatic carbocycles. The maximum Gasteiger partial charge on any atom is 0.0642 e. The highest BCUT2D eigenvalue weighted by atomic mass is 79.9. The van der Waals surface area contributed by atoms with Gasteiger partial charge in [-0.05, 0) is 45.6 Å². The zero-order valence-electron chi connectivity index (χ0n) is 10.7. The number of nitrogens with zero attached hydrogens (tertiary/aromatic N) is 2. The Morgan fingerprint density at radius 2 is 2.11 bits per heavy atom. The van der Waals surface area contributed by atoms with E-state index in [1.807, 2.05) is 18.3 Å². The van der Waals surface area contributed by atoms with E-state index in [4.69, 9.17) is 5.73 Å². The van der Waals surface area contributed by atoms with Gasteiger partial charge in [0.25, 0.3) is 0 Å². The highest BCUT2D eigenvalue weighted by molar-refractivity contribution is 9.10. The van der Waals surface area contributed by atoms with E-state index in [1.54, 1.807) is 0 Å². The van der Waals surface area contributed by atoms with E-state index >= 15 is 0 Å². The molecule has 3 nitrogen and oxygen atoms in total. The molecule has 18 heavy (non-hydrogen) atoms. The Morgan fingerprint density at radius 3 is 2.72 bits per heavy atom. The normalized spacial score (nSPS) is 12.9. The van der Waals surface area contributed by atoms with Crippen molar-refractivity contribution in [3.05, 3.63) is 52.5 Å². The predicted octanol–water partition coefficient (Wildman–Crippen LogP) is 3.35. The van der Waals surface area contributed by atoms with Crippen molar-refractivity contribution in [2.24, 2.45) is 11.7 Å². The lowest BCUT2D eigenvalue weighted by molar-refractivity contribution is 0.513. The van der Waals surface area contributed by atoms with E-state index in [9.17, 15) is 0 Å². The lowest BCUT2D eigenvalue weighted by Gasteiger charge is -2.13. The Hall–Kier alpha value is -1.13. The van der Waals surface area contributed by atoms with E-state index in [0.29, 0.717) is 5.92 Å². The van der Waals surface area contributed by atoms with Crippen LogP contribution in [0.3, 0.4) is 0 Å². The third kappa shape index (κ3) is 3.21. The third-order valence-corrected chi connectivity index (χ3v) is 3.48. The largest absolute Gasteiger partial charge is 0.348 e. The summed E-state index contributed by atoms with van der Waals surface area (Å²) < 4.78 is 3.12. The summed E-state index contributed by atoms with van der Waals surface area (Å²) in [6, 6.07) is 6.21. The van der Waals surface area contributed by atoms with Crippen LogP contribution < -0.4 is 5.73 Å². The van der Waals surface area contributed by atoms with Crippen molar-refractivity contribution < 1.29 is 0 Å². The van der Waals surface area contributed by atoms with E-state index in [-0.39, 0.29) is 6.04 Å². The molecule has 0 bridgehead atoms. The first-order chi connectivity index (χ1) is 8.56. The Labute approximate surface area is 116 Å². The summed E-state index contributed by atoms with van der Waals surface area (Å²) in [5.41, 5.74) is 8.35. The maximum atomic E-state index is 6.13. The molecular weight excluding hydrogens is 290 g/mol. The fourth-order valence-electron chi connectivity index (χ4n) is 1.83. The third-order valence-electron chi connectivity index (χ3n) is 3.01. The maximum absolute atomic E-state index is 6.13. The van der Waals surface area contributed by atoms with E-state index in [2.05, 4.69) is 57.8 Å². The average Bonchev–Trinajstić information content (AvgIpc) is 2.79. The van der Waals surface area contributed by atoms with E-state index in [0.717, 1.165) is 16.7 Å². The van der Waals surface area contributed by atoms with Crippen LogP contribution in [0.5, 0.6) is 0 Å². The molecule has 0 amide bonds. The van der Waals surface area contributed by atoms with Crippen LogP contribution in [0.25, 0.3) is 0 Å². The molecule has 0 fully saturated rings. The minimum Gasteiger partial charge on any atom is -0.348 e. The van der Waals surface area contributed by atoms with Crippen LogP contribution in [-0.2, 0) is 6.54 Å². The molecule has 0 saturated carbocycles. The van der Waals surface area contributed by atoms with Gasteiger partial charge in [-0.15, -0.1) is 0 Å². The first-order valence-corrected chi connectivity index (χ1v) is 6.87. The highest BCUT2D eigenvalue weighted by Gasteiger charge is 2.11. The second kappa shape index (κ2) is 5.67. The molecule has 2 heterocycles. The standard InChI is InChI=1S/C14H18BrN3/c1-10(2)14(16)11-5-6-18(8-11)9-13-4-3-12(15)7-17-13/h3-8,10,14H,9,16H2,1-2H3. The average molecular weight is 308 g/mol. The molecule has 0 spiro atoms. The molecule has 0 aliphatic heterocycles. The van der Waals surface area contributed by atoms with Gasteiger partial charge in [0.2, 0.25) is 0 Å². The number of rotatable bonds is 4. The number of hydrogen-bond donors (Lipinski definition) is 1. The summed E-state index contributed by atoms with van der Waals surface area (Å²) in [5.74, 6) is 0.451. The highest BCUT2D eigenvalue weighted by Crippen LogP contribution is 2.19. The molecule has 1 unspecified atom stereocenters. The van der Waals surface area contributed by atoms with Crippen molar-refractivity contribution in [1.82, 2.24) is 9.55 Å². The fraction of sp³-hybridized carbons (Fsp3) is 0.357. The van der Waals surface area contributed by atoms with Gasteiger partial charge in [0.1, 0.15) is 0 Å². The molecular formula is C14H18BrN3. The Bertz CT molecular complexity index is 502. The molecule has 2 aromatic rings. The molecule has 2 rings (SSSR count). The minimum atomic E-state index is 0.101. The van der Waals surface area contributed by atoms with E-state index in [1.165, 1.54) is 5.56 Å². The first kappa shape index (κ1) is 13.3. The molecule has 2 N–H and O–H groups in total. The second-order valence-corrected chi connectivity index (χ2v) is 5.77. The number of aromatic nitrogens is 2. The summed E-state index contributed by atoms with van der Waals surface area (Å²) in [6.45, 7) is 5.05. The van der Waals surface area contributed by atoms with Gasteiger partial charge in [0.05, 0.1) is 12.2 Å². The van der Waals surface area contributed by atoms with Crippen molar-refractivity contribution in [3.63, 3.8) is 0 Å². The summed E-state index contributed by atoms with van der Waals surface area (Å²) in [6.07, 6.45) is 5.98. The molecule has 0 aliphatic rings. The van der Waals surface area contributed by atoms with Gasteiger partial charge in [0, 0.05) is 29.1 Å². The lowest BCUT2D eigenvalue weighted by atomic mass is 10.00. The van der Waals surface area contributed by atoms with Crippen LogP contribution >= 0.6 is 15.9 Å². The quantitative estimate of drug-likeness (QED) is 0.941. The first-order valence-electron chi connectivity index (χ1n) is 6.08. The number of nitrogens with two attached hydrogens (primary N) is 1. The molecule has 4 heteroatoms. The predicted molar refractivity (Wildman–Crippen MR) is 77.2 cm³/mol. The Kier molecular flexibility index (Phi) is 4.19. The summed E-state index contributed by atoms with van der Waals surface area (Å²) >= 11 is 3.38. The van der Waals surface area contributed by atoms with Gasteiger partial charge in [-0.2, -0.15) is 0 Å². The van der Waals surface area contributed by atoms with Gasteiger partial charge in [-0.1, -0.05) is 13.8 Å². The van der Waals surface area contributed by atoms with Gasteiger partial charge in [-0.3, -0.25) is 4.98 Å². The molecule has 96 valence electrons. The number of hydrogen-bond acceptors (Lipinski definition) is 2. The topological polar surface area (TPSA) is 43.8 Å². The SMILES string of the molecule is CC(C)C(N)c1ccn(Cc2ccc(Br)cn2)c1. The summed E-state index contributed by atoms with van der Waals surface area (Å²) in [5, 5.41) is 0. The van der Waals surface area contributed by atoms with Crippen LogP contribution in [0.1, 0.15) is 31.1 Å². The zero-order valence-corrected chi connectivity index (χ0v) is 12.3. The fourth-order valence-corrected chi connectivity index (χ4v) is 2.06. The lowest BCUT2D eigenvalue weighted by Crippen LogP contribution is -2.15. The van der Waals surface area contributed by atoms with Gasteiger partial charge >= 0.3 is 0 Å². The van der Waals surface area contributed by atoms with Crippen LogP contribution in [0.15, 0.2) is 41.3 Å². The van der Waals surface area contributed by atoms with Gasteiger partial charge < -0.3 is 10.3 Å². The van der Waals surface area contributed by atoms with Crippen molar-refractivity contribution in [3.8, 4) is 0 Å². The monoisotopic (exact) mass is 307 g/mol. The molecule has 0 radical (unpaired) electrons. The van der Waals surface area contributed by atoms with Crippen LogP contribution in [0.2, 0.25) is 0 Å². The summed E-state index contributed by atoms with van der Waals surface area (Å²) in [7, 11) is 0. The van der Waals surface area contributed by atoms with Gasteiger partial charge in [-0.25, -0.2) is 0 Å². The van der Waals surface area contributed by atoms with Gasteiger partial charge in [0.15, 0.2) is 0 Å². The number of pyridine rings is 1. The van der Waals surface area contributed by atoms with Crippen molar-refractivity contribution in [2.75, 3.05) is 0 Å². The number of halogens is 1. The Balaban J connectivity index is 2.09. The molecule has 0 aromatic carbocycles. The smallest absolute Gasteiger partial charge is 0.0642 e. The van der Waals surface area contributed by atoms with Crippen molar-refractivity contribution in [2.45, 2.75) is 26.4 Å². The van der Waals surface area contributed by atoms with Crippen LogP contribution in [0.4, 0.5) is 0 Å². The van der Waals surface area contributed by atoms with Crippen LogP contribution in [-0.4, -0.2) is 9.55 Å². The van der Waals surface area contributed by atoms with Crippen molar-refractivity contribution in [1.29, 1.82) is 0 Å². The molecule has 2 aromatic heterocycles. The summed E-state index contributed by atoms with van der Waals surface area (Å²) in [4.78, 5) is 4.36. The molecule has 0 saturated heterocycles. The van der Waals surface area contributed by atoms with Crippen molar-refractivity contribution >= 4 is 15.9 Å². The Morgan fingerprint density at radius 1 is 1.33 bits per heavy atom. The minimum absolute atomic E-state index is 0.101. The second-order valence-electron chi connectivity index (χ2n) is 4.85.